The lowest BCUT2D eigenvalue weighted by Gasteiger charge is -2.28. The molecule has 102 valence electrons. The van der Waals surface area contributed by atoms with Crippen LogP contribution in [-0.4, -0.2) is 25.0 Å². The van der Waals surface area contributed by atoms with E-state index in [1.54, 1.807) is 0 Å². The summed E-state index contributed by atoms with van der Waals surface area (Å²) in [6.07, 6.45) is 5.21. The molecule has 1 saturated heterocycles. The predicted octanol–water partition coefficient (Wildman–Crippen LogP) is 1.66. The van der Waals surface area contributed by atoms with Crippen LogP contribution in [0.5, 0.6) is 0 Å². The third-order valence-electron chi connectivity index (χ3n) is 4.36. The van der Waals surface area contributed by atoms with E-state index < -0.39 is 0 Å². The van der Waals surface area contributed by atoms with E-state index in [2.05, 4.69) is 34.9 Å². The van der Waals surface area contributed by atoms with Gasteiger partial charge in [-0.05, 0) is 49.8 Å². The first kappa shape index (κ1) is 12.7. The summed E-state index contributed by atoms with van der Waals surface area (Å²) < 4.78 is 0. The predicted molar refractivity (Wildman–Crippen MR) is 76.0 cm³/mol. The van der Waals surface area contributed by atoms with Crippen LogP contribution in [0.3, 0.4) is 0 Å². The number of piperidine rings is 1. The SMILES string of the molecule is O=C(N[C@H]1CCCNC1)C1CCc2ccccc2C1. The highest BCUT2D eigenvalue weighted by Crippen LogP contribution is 2.25. The normalized spacial score (nSPS) is 26.5. The van der Waals surface area contributed by atoms with E-state index in [9.17, 15) is 4.79 Å². The molecule has 0 spiro atoms. The van der Waals surface area contributed by atoms with Crippen molar-refractivity contribution < 1.29 is 4.79 Å². The van der Waals surface area contributed by atoms with Gasteiger partial charge in [0.05, 0.1) is 0 Å². The molecule has 3 nitrogen and oxygen atoms in total. The average Bonchev–Trinajstić information content (AvgIpc) is 2.48. The van der Waals surface area contributed by atoms with Crippen molar-refractivity contribution >= 4 is 5.91 Å². The minimum Gasteiger partial charge on any atom is -0.352 e. The van der Waals surface area contributed by atoms with Crippen LogP contribution in [0.25, 0.3) is 0 Å². The fraction of sp³-hybridized carbons (Fsp3) is 0.562. The van der Waals surface area contributed by atoms with Crippen molar-refractivity contribution in [3.05, 3.63) is 35.4 Å². The van der Waals surface area contributed by atoms with Gasteiger partial charge in [0.15, 0.2) is 0 Å². The second-order valence-electron chi connectivity index (χ2n) is 5.76. The number of rotatable bonds is 2. The Hall–Kier alpha value is -1.35. The van der Waals surface area contributed by atoms with Crippen LogP contribution < -0.4 is 10.6 Å². The molecule has 2 atom stereocenters. The van der Waals surface area contributed by atoms with Crippen molar-refractivity contribution in [2.45, 2.75) is 38.1 Å². The van der Waals surface area contributed by atoms with Gasteiger partial charge in [-0.25, -0.2) is 0 Å². The molecule has 1 aliphatic heterocycles. The Labute approximate surface area is 114 Å². The van der Waals surface area contributed by atoms with Crippen molar-refractivity contribution in [1.29, 1.82) is 0 Å². The number of carbonyl (C=O) groups is 1. The van der Waals surface area contributed by atoms with Crippen LogP contribution >= 0.6 is 0 Å². The van der Waals surface area contributed by atoms with Gasteiger partial charge in [-0.2, -0.15) is 0 Å². The van der Waals surface area contributed by atoms with Crippen LogP contribution in [-0.2, 0) is 17.6 Å². The summed E-state index contributed by atoms with van der Waals surface area (Å²) in [5, 5.41) is 6.56. The fourth-order valence-corrected chi connectivity index (χ4v) is 3.22. The van der Waals surface area contributed by atoms with Gasteiger partial charge in [-0.1, -0.05) is 24.3 Å². The van der Waals surface area contributed by atoms with Gasteiger partial charge in [0.1, 0.15) is 0 Å². The highest BCUT2D eigenvalue weighted by molar-refractivity contribution is 5.79. The molecule has 19 heavy (non-hydrogen) atoms. The van der Waals surface area contributed by atoms with Gasteiger partial charge in [-0.3, -0.25) is 4.79 Å². The van der Waals surface area contributed by atoms with Crippen molar-refractivity contribution in [3.8, 4) is 0 Å². The van der Waals surface area contributed by atoms with E-state index in [0.29, 0.717) is 6.04 Å². The van der Waals surface area contributed by atoms with E-state index in [1.165, 1.54) is 17.5 Å². The Kier molecular flexibility index (Phi) is 3.83. The summed E-state index contributed by atoms with van der Waals surface area (Å²) in [4.78, 5) is 12.3. The smallest absolute Gasteiger partial charge is 0.223 e. The summed E-state index contributed by atoms with van der Waals surface area (Å²) in [6, 6.07) is 8.85. The van der Waals surface area contributed by atoms with E-state index >= 15 is 0 Å². The Morgan fingerprint density at radius 2 is 2.05 bits per heavy atom. The van der Waals surface area contributed by atoms with Gasteiger partial charge < -0.3 is 10.6 Å². The van der Waals surface area contributed by atoms with Crippen molar-refractivity contribution in [1.82, 2.24) is 10.6 Å². The van der Waals surface area contributed by atoms with E-state index in [1.807, 2.05) is 0 Å². The molecule has 0 bridgehead atoms. The van der Waals surface area contributed by atoms with Gasteiger partial charge in [0, 0.05) is 18.5 Å². The number of amides is 1. The van der Waals surface area contributed by atoms with E-state index in [4.69, 9.17) is 0 Å². The third-order valence-corrected chi connectivity index (χ3v) is 4.36. The Bertz CT molecular complexity index is 452. The molecule has 1 aliphatic carbocycles. The molecule has 0 radical (unpaired) electrons. The second kappa shape index (κ2) is 5.74. The molecule has 1 heterocycles. The Morgan fingerprint density at radius 3 is 2.84 bits per heavy atom. The lowest BCUT2D eigenvalue weighted by Crippen LogP contribution is -2.48. The summed E-state index contributed by atoms with van der Waals surface area (Å²) in [6.45, 7) is 2.01. The summed E-state index contributed by atoms with van der Waals surface area (Å²) in [7, 11) is 0. The molecule has 0 aromatic heterocycles. The number of benzene rings is 1. The maximum absolute atomic E-state index is 12.3. The maximum atomic E-state index is 12.3. The lowest BCUT2D eigenvalue weighted by molar-refractivity contribution is -0.126. The number of hydrogen-bond acceptors (Lipinski definition) is 2. The Morgan fingerprint density at radius 1 is 1.21 bits per heavy atom. The summed E-state index contributed by atoms with van der Waals surface area (Å²) in [5.74, 6) is 0.417. The highest BCUT2D eigenvalue weighted by atomic mass is 16.1. The molecule has 1 aromatic carbocycles. The Balaban J connectivity index is 1.59. The van der Waals surface area contributed by atoms with Crippen LogP contribution in [0, 0.1) is 5.92 Å². The minimum absolute atomic E-state index is 0.164. The molecule has 1 fully saturated rings. The number of fused-ring (bicyclic) bond motifs is 1. The number of hydrogen-bond donors (Lipinski definition) is 2. The molecule has 2 N–H and O–H groups in total. The summed E-state index contributed by atoms with van der Waals surface area (Å²) in [5.41, 5.74) is 2.78. The van der Waals surface area contributed by atoms with Crippen molar-refractivity contribution in [3.63, 3.8) is 0 Å². The molecule has 1 unspecified atom stereocenters. The zero-order valence-corrected chi connectivity index (χ0v) is 11.3. The minimum atomic E-state index is 0.164. The van der Waals surface area contributed by atoms with Crippen LogP contribution in [0.15, 0.2) is 24.3 Å². The summed E-state index contributed by atoms with van der Waals surface area (Å²) >= 11 is 0. The van der Waals surface area contributed by atoms with Crippen LogP contribution in [0.4, 0.5) is 0 Å². The van der Waals surface area contributed by atoms with Gasteiger partial charge in [-0.15, -0.1) is 0 Å². The topological polar surface area (TPSA) is 41.1 Å². The zero-order valence-electron chi connectivity index (χ0n) is 11.3. The first-order valence-electron chi connectivity index (χ1n) is 7.41. The monoisotopic (exact) mass is 258 g/mol. The molecule has 3 heteroatoms. The zero-order chi connectivity index (χ0) is 13.1. The molecule has 1 aromatic rings. The molecular formula is C16H22N2O. The van der Waals surface area contributed by atoms with Crippen LogP contribution in [0.2, 0.25) is 0 Å². The number of aryl methyl sites for hydroxylation is 1. The standard InChI is InChI=1S/C16H22N2O/c19-16(18-15-6-3-9-17-11-15)14-8-7-12-4-1-2-5-13(12)10-14/h1-2,4-5,14-15,17H,3,6-11H2,(H,18,19)/t14?,15-/m0/s1. The molecule has 0 saturated carbocycles. The van der Waals surface area contributed by atoms with Crippen LogP contribution in [0.1, 0.15) is 30.4 Å². The third kappa shape index (κ3) is 2.98. The quantitative estimate of drug-likeness (QED) is 0.847. The number of carbonyl (C=O) groups excluding carboxylic acids is 1. The highest BCUT2D eigenvalue weighted by Gasteiger charge is 2.26. The van der Waals surface area contributed by atoms with Crippen molar-refractivity contribution in [2.75, 3.05) is 13.1 Å². The van der Waals surface area contributed by atoms with Gasteiger partial charge in [0.2, 0.25) is 5.91 Å². The first-order valence-corrected chi connectivity index (χ1v) is 7.41. The van der Waals surface area contributed by atoms with E-state index in [-0.39, 0.29) is 11.8 Å². The second-order valence-corrected chi connectivity index (χ2v) is 5.76. The maximum Gasteiger partial charge on any atom is 0.223 e. The molecular weight excluding hydrogens is 236 g/mol. The average molecular weight is 258 g/mol. The molecule has 3 rings (SSSR count). The van der Waals surface area contributed by atoms with E-state index in [0.717, 1.165) is 38.8 Å². The molecule has 2 aliphatic rings. The lowest BCUT2D eigenvalue weighted by atomic mass is 9.83. The van der Waals surface area contributed by atoms with Crippen molar-refractivity contribution in [2.24, 2.45) is 5.92 Å². The van der Waals surface area contributed by atoms with Gasteiger partial charge >= 0.3 is 0 Å². The fourth-order valence-electron chi connectivity index (χ4n) is 3.22. The molecule has 1 amide bonds. The number of nitrogens with one attached hydrogen (secondary N) is 2. The first-order chi connectivity index (χ1) is 9.33. The van der Waals surface area contributed by atoms with Gasteiger partial charge in [0.25, 0.3) is 0 Å². The largest absolute Gasteiger partial charge is 0.352 e.